The zero-order chi connectivity index (χ0) is 22.9. The van der Waals surface area contributed by atoms with Crippen LogP contribution in [0.25, 0.3) is 0 Å². The third-order valence-corrected chi connectivity index (χ3v) is 4.64. The van der Waals surface area contributed by atoms with E-state index in [1.165, 1.54) is 13.0 Å². The minimum Gasteiger partial charge on any atom is -0.496 e. The SMILES string of the molecule is COc1ccccc1CC(=O)NCc1ccccc1NC(=O)c1cccc(OC(C)=O)c1. The molecule has 0 aliphatic carbocycles. The Morgan fingerprint density at radius 1 is 0.875 bits per heavy atom. The second-order valence-corrected chi connectivity index (χ2v) is 7.00. The predicted octanol–water partition coefficient (Wildman–Crippen LogP) is 3.73. The standard InChI is InChI=1S/C25H24N2O5/c1-17(28)32-21-11-7-10-19(14-21)25(30)27-22-12-5-3-9-20(22)16-26-24(29)15-18-8-4-6-13-23(18)31-2/h3-14H,15-16H2,1-2H3,(H,26,29)(H,27,30). The minimum atomic E-state index is -0.461. The third-order valence-electron chi connectivity index (χ3n) is 4.64. The molecule has 0 aliphatic heterocycles. The van der Waals surface area contributed by atoms with Crippen molar-refractivity contribution in [2.45, 2.75) is 19.9 Å². The number of para-hydroxylation sites is 2. The largest absolute Gasteiger partial charge is 0.496 e. The maximum absolute atomic E-state index is 12.7. The van der Waals surface area contributed by atoms with Gasteiger partial charge in [0.2, 0.25) is 5.91 Å². The summed E-state index contributed by atoms with van der Waals surface area (Å²) in [5, 5.41) is 5.73. The van der Waals surface area contributed by atoms with E-state index in [1.54, 1.807) is 37.4 Å². The highest BCUT2D eigenvalue weighted by Crippen LogP contribution is 2.20. The first-order valence-electron chi connectivity index (χ1n) is 10.0. The number of esters is 1. The van der Waals surface area contributed by atoms with Gasteiger partial charge in [-0.2, -0.15) is 0 Å². The lowest BCUT2D eigenvalue weighted by molar-refractivity contribution is -0.131. The van der Waals surface area contributed by atoms with Crippen LogP contribution in [0.3, 0.4) is 0 Å². The van der Waals surface area contributed by atoms with Gasteiger partial charge in [0.15, 0.2) is 0 Å². The molecule has 0 radical (unpaired) electrons. The Kier molecular flexibility index (Phi) is 7.59. The molecule has 0 aliphatic rings. The van der Waals surface area contributed by atoms with E-state index in [1.807, 2.05) is 36.4 Å². The maximum atomic E-state index is 12.7. The van der Waals surface area contributed by atoms with Gasteiger partial charge in [-0.25, -0.2) is 0 Å². The van der Waals surface area contributed by atoms with Crippen LogP contribution in [0.5, 0.6) is 11.5 Å². The number of methoxy groups -OCH3 is 1. The zero-order valence-electron chi connectivity index (χ0n) is 17.9. The summed E-state index contributed by atoms with van der Waals surface area (Å²) in [6.45, 7) is 1.54. The van der Waals surface area contributed by atoms with Crippen molar-refractivity contribution in [2.24, 2.45) is 0 Å². The molecule has 0 saturated heterocycles. The molecule has 0 atom stereocenters. The van der Waals surface area contributed by atoms with E-state index >= 15 is 0 Å². The van der Waals surface area contributed by atoms with Crippen molar-refractivity contribution in [3.8, 4) is 11.5 Å². The highest BCUT2D eigenvalue weighted by molar-refractivity contribution is 6.05. The molecule has 0 aromatic heterocycles. The number of amides is 2. The molecule has 2 N–H and O–H groups in total. The Morgan fingerprint density at radius 3 is 2.34 bits per heavy atom. The molecule has 2 amide bonds. The topological polar surface area (TPSA) is 93.7 Å². The second kappa shape index (κ2) is 10.8. The number of carbonyl (C=O) groups is 3. The number of rotatable bonds is 8. The molecule has 0 fully saturated rings. The average molecular weight is 432 g/mol. The van der Waals surface area contributed by atoms with Crippen LogP contribution >= 0.6 is 0 Å². The lowest BCUT2D eigenvalue weighted by atomic mass is 10.1. The van der Waals surface area contributed by atoms with E-state index in [-0.39, 0.29) is 24.8 Å². The van der Waals surface area contributed by atoms with Gasteiger partial charge in [-0.05, 0) is 35.9 Å². The molecule has 32 heavy (non-hydrogen) atoms. The van der Waals surface area contributed by atoms with Crippen LogP contribution in [0.15, 0.2) is 72.8 Å². The normalized spacial score (nSPS) is 10.2. The van der Waals surface area contributed by atoms with Crippen molar-refractivity contribution in [3.63, 3.8) is 0 Å². The van der Waals surface area contributed by atoms with Gasteiger partial charge in [-0.3, -0.25) is 14.4 Å². The van der Waals surface area contributed by atoms with Crippen LogP contribution in [-0.4, -0.2) is 24.9 Å². The molecule has 7 nitrogen and oxygen atoms in total. The summed E-state index contributed by atoms with van der Waals surface area (Å²) in [6.07, 6.45) is 0.182. The Hall–Kier alpha value is -4.13. The van der Waals surface area contributed by atoms with E-state index in [9.17, 15) is 14.4 Å². The van der Waals surface area contributed by atoms with Crippen LogP contribution in [0.2, 0.25) is 0 Å². The first-order valence-corrected chi connectivity index (χ1v) is 10.0. The summed E-state index contributed by atoms with van der Waals surface area (Å²) in [6, 6.07) is 20.9. The van der Waals surface area contributed by atoms with Gasteiger partial charge in [-0.1, -0.05) is 42.5 Å². The zero-order valence-corrected chi connectivity index (χ0v) is 17.9. The molecule has 0 bridgehead atoms. The Morgan fingerprint density at radius 2 is 1.59 bits per heavy atom. The van der Waals surface area contributed by atoms with Crippen LogP contribution in [0.4, 0.5) is 5.69 Å². The van der Waals surface area contributed by atoms with E-state index in [4.69, 9.17) is 9.47 Å². The average Bonchev–Trinajstić information content (AvgIpc) is 2.78. The van der Waals surface area contributed by atoms with Crippen molar-refractivity contribution >= 4 is 23.5 Å². The van der Waals surface area contributed by atoms with Crippen molar-refractivity contribution in [1.29, 1.82) is 0 Å². The molecule has 7 heteroatoms. The van der Waals surface area contributed by atoms with Gasteiger partial charge in [0, 0.05) is 30.3 Å². The summed E-state index contributed by atoms with van der Waals surface area (Å²) in [4.78, 5) is 36.3. The third kappa shape index (κ3) is 6.18. The molecule has 0 saturated carbocycles. The second-order valence-electron chi connectivity index (χ2n) is 7.00. The number of ether oxygens (including phenoxy) is 2. The summed E-state index contributed by atoms with van der Waals surface area (Å²) < 4.78 is 10.3. The maximum Gasteiger partial charge on any atom is 0.308 e. The molecule has 3 aromatic carbocycles. The van der Waals surface area contributed by atoms with Crippen molar-refractivity contribution in [3.05, 3.63) is 89.5 Å². The lowest BCUT2D eigenvalue weighted by Gasteiger charge is -2.13. The molecule has 0 unspecified atom stereocenters. The number of anilines is 1. The molecular weight excluding hydrogens is 408 g/mol. The van der Waals surface area contributed by atoms with E-state index in [0.29, 0.717) is 22.7 Å². The van der Waals surface area contributed by atoms with Gasteiger partial charge in [0.25, 0.3) is 5.91 Å². The number of hydrogen-bond donors (Lipinski definition) is 2. The number of nitrogens with one attached hydrogen (secondary N) is 2. The Balaban J connectivity index is 1.65. The Bertz CT molecular complexity index is 1130. The fourth-order valence-corrected chi connectivity index (χ4v) is 3.14. The van der Waals surface area contributed by atoms with Gasteiger partial charge >= 0.3 is 5.97 Å². The minimum absolute atomic E-state index is 0.162. The molecule has 0 spiro atoms. The summed E-state index contributed by atoms with van der Waals surface area (Å²) in [7, 11) is 1.57. The van der Waals surface area contributed by atoms with Crippen LogP contribution < -0.4 is 20.1 Å². The Labute approximate surface area is 186 Å². The van der Waals surface area contributed by atoms with E-state index in [0.717, 1.165) is 11.1 Å². The number of carbonyl (C=O) groups excluding carboxylic acids is 3. The van der Waals surface area contributed by atoms with Crippen molar-refractivity contribution in [1.82, 2.24) is 5.32 Å². The van der Waals surface area contributed by atoms with Crippen LogP contribution in [0.1, 0.15) is 28.4 Å². The van der Waals surface area contributed by atoms with Crippen molar-refractivity contribution < 1.29 is 23.9 Å². The molecule has 3 aromatic rings. The summed E-state index contributed by atoms with van der Waals surface area (Å²) >= 11 is 0. The lowest BCUT2D eigenvalue weighted by Crippen LogP contribution is -2.25. The van der Waals surface area contributed by atoms with Crippen molar-refractivity contribution in [2.75, 3.05) is 12.4 Å². The number of hydrogen-bond acceptors (Lipinski definition) is 5. The summed E-state index contributed by atoms with van der Waals surface area (Å²) in [5.74, 6) is -0.0263. The molecule has 0 heterocycles. The van der Waals surface area contributed by atoms with E-state index in [2.05, 4.69) is 10.6 Å². The highest BCUT2D eigenvalue weighted by atomic mass is 16.5. The summed E-state index contributed by atoms with van der Waals surface area (Å²) in [5.41, 5.74) is 2.47. The monoisotopic (exact) mass is 432 g/mol. The molecule has 3 rings (SSSR count). The molecule has 164 valence electrons. The fraction of sp³-hybridized carbons (Fsp3) is 0.160. The van der Waals surface area contributed by atoms with Crippen LogP contribution in [0, 0.1) is 0 Å². The van der Waals surface area contributed by atoms with Gasteiger partial charge in [0.1, 0.15) is 11.5 Å². The van der Waals surface area contributed by atoms with Gasteiger partial charge in [0.05, 0.1) is 13.5 Å². The van der Waals surface area contributed by atoms with Gasteiger partial charge < -0.3 is 20.1 Å². The first kappa shape index (κ1) is 22.6. The number of benzene rings is 3. The fourth-order valence-electron chi connectivity index (χ4n) is 3.14. The first-order chi connectivity index (χ1) is 15.5. The quantitative estimate of drug-likeness (QED) is 0.418. The van der Waals surface area contributed by atoms with Gasteiger partial charge in [-0.15, -0.1) is 0 Å². The van der Waals surface area contributed by atoms with E-state index < -0.39 is 5.97 Å². The molecular formula is C25H24N2O5. The van der Waals surface area contributed by atoms with Crippen LogP contribution in [-0.2, 0) is 22.6 Å². The highest BCUT2D eigenvalue weighted by Gasteiger charge is 2.12. The predicted molar refractivity (Wildman–Crippen MR) is 121 cm³/mol. The smallest absolute Gasteiger partial charge is 0.308 e.